The first-order valence-corrected chi connectivity index (χ1v) is 10.8. The van der Waals surface area contributed by atoms with Crippen LogP contribution in [0.1, 0.15) is 31.2 Å². The van der Waals surface area contributed by atoms with Crippen LogP contribution >= 0.6 is 0 Å². The number of benzene rings is 1. The second-order valence-corrected chi connectivity index (χ2v) is 8.64. The quantitative estimate of drug-likeness (QED) is 0.229. The Bertz CT molecular complexity index is 902. The van der Waals surface area contributed by atoms with Crippen LogP contribution in [-0.2, 0) is 9.59 Å². The maximum Gasteiger partial charge on any atom is 0.233 e. The van der Waals surface area contributed by atoms with Gasteiger partial charge in [-0.25, -0.2) is 8.78 Å². The number of hydrogen-bond acceptors (Lipinski definition) is 3. The molecule has 2 bridgehead atoms. The number of carbonyl (C=O) groups is 2. The molecule has 1 heterocycles. The lowest BCUT2D eigenvalue weighted by Crippen LogP contribution is -2.41. The number of guanidine groups is 1. The van der Waals surface area contributed by atoms with Crippen LogP contribution in [0.2, 0.25) is 0 Å². The van der Waals surface area contributed by atoms with Crippen molar-refractivity contribution in [1.82, 2.24) is 15.5 Å². The first-order chi connectivity index (χ1) is 14.9. The standard InChI is InChI=1S/C23H28F2N4O2/c1-13(14-6-7-17(24)18(25)11-14)12-28-23(26-2)27-8-3-9-29-21(30)19-15-4-5-16(10-15)20(19)22(29)31/h4-7,11,13,15-16,19-20H,3,8-10,12H2,1-2H3,(H2,26,27,28). The van der Waals surface area contributed by atoms with Crippen molar-refractivity contribution in [2.45, 2.75) is 25.7 Å². The third-order valence-electron chi connectivity index (χ3n) is 6.72. The van der Waals surface area contributed by atoms with E-state index >= 15 is 0 Å². The number of carbonyl (C=O) groups excluding carboxylic acids is 2. The average molecular weight is 430 g/mol. The lowest BCUT2D eigenvalue weighted by atomic mass is 9.85. The lowest BCUT2D eigenvalue weighted by Gasteiger charge is -2.19. The summed E-state index contributed by atoms with van der Waals surface area (Å²) in [5.41, 5.74) is 0.696. The van der Waals surface area contributed by atoms with Gasteiger partial charge in [-0.15, -0.1) is 0 Å². The molecule has 5 unspecified atom stereocenters. The van der Waals surface area contributed by atoms with Gasteiger partial charge in [-0.05, 0) is 48.3 Å². The highest BCUT2D eigenvalue weighted by atomic mass is 19.2. The number of hydrogen-bond donors (Lipinski definition) is 2. The van der Waals surface area contributed by atoms with Crippen LogP contribution < -0.4 is 10.6 Å². The number of rotatable bonds is 7. The molecule has 0 spiro atoms. The van der Waals surface area contributed by atoms with E-state index < -0.39 is 11.6 Å². The summed E-state index contributed by atoms with van der Waals surface area (Å²) < 4.78 is 26.5. The number of halogens is 2. The topological polar surface area (TPSA) is 73.8 Å². The van der Waals surface area contributed by atoms with E-state index in [9.17, 15) is 18.4 Å². The monoisotopic (exact) mass is 430 g/mol. The molecular weight excluding hydrogens is 402 g/mol. The van der Waals surface area contributed by atoms with Crippen molar-refractivity contribution in [3.05, 3.63) is 47.5 Å². The van der Waals surface area contributed by atoms with Crippen LogP contribution in [0, 0.1) is 35.3 Å². The first-order valence-electron chi connectivity index (χ1n) is 10.8. The zero-order valence-corrected chi connectivity index (χ0v) is 17.8. The minimum atomic E-state index is -0.858. The molecule has 0 radical (unpaired) electrons. The summed E-state index contributed by atoms with van der Waals surface area (Å²) in [7, 11) is 1.65. The van der Waals surface area contributed by atoms with Gasteiger partial charge >= 0.3 is 0 Å². The number of imide groups is 1. The summed E-state index contributed by atoms with van der Waals surface area (Å²) in [6.45, 7) is 3.36. The van der Waals surface area contributed by atoms with Gasteiger partial charge in [0.25, 0.3) is 0 Å². The molecule has 6 nitrogen and oxygen atoms in total. The van der Waals surface area contributed by atoms with Crippen LogP contribution in [0.25, 0.3) is 0 Å². The molecule has 2 fully saturated rings. The van der Waals surface area contributed by atoms with E-state index in [2.05, 4.69) is 27.8 Å². The molecule has 1 aromatic carbocycles. The Kier molecular flexibility index (Phi) is 6.07. The second kappa shape index (κ2) is 8.77. The maximum atomic E-state index is 13.4. The minimum Gasteiger partial charge on any atom is -0.356 e. The molecule has 5 atom stereocenters. The number of amides is 2. The number of aliphatic imine (C=N–C) groups is 1. The largest absolute Gasteiger partial charge is 0.356 e. The van der Waals surface area contributed by atoms with Crippen LogP contribution in [0.15, 0.2) is 35.3 Å². The molecule has 166 valence electrons. The third kappa shape index (κ3) is 4.07. The maximum absolute atomic E-state index is 13.4. The van der Waals surface area contributed by atoms with Crippen molar-refractivity contribution < 1.29 is 18.4 Å². The molecule has 2 N–H and O–H groups in total. The summed E-state index contributed by atoms with van der Waals surface area (Å²) in [6.07, 6.45) is 5.75. The third-order valence-corrected chi connectivity index (χ3v) is 6.72. The molecule has 2 aliphatic carbocycles. The molecule has 0 aromatic heterocycles. The Hall–Kier alpha value is -2.77. The van der Waals surface area contributed by atoms with E-state index in [1.54, 1.807) is 13.1 Å². The molecule has 4 rings (SSSR count). The van der Waals surface area contributed by atoms with Crippen molar-refractivity contribution in [3.8, 4) is 0 Å². The Labute approximate surface area is 180 Å². The van der Waals surface area contributed by atoms with Crippen LogP contribution in [-0.4, -0.2) is 49.4 Å². The summed E-state index contributed by atoms with van der Waals surface area (Å²) >= 11 is 0. The molecule has 31 heavy (non-hydrogen) atoms. The van der Waals surface area contributed by atoms with E-state index in [4.69, 9.17) is 0 Å². The van der Waals surface area contributed by atoms with E-state index in [0.29, 0.717) is 37.6 Å². The Morgan fingerprint density at radius 1 is 1.13 bits per heavy atom. The van der Waals surface area contributed by atoms with E-state index in [1.165, 1.54) is 11.0 Å². The van der Waals surface area contributed by atoms with Gasteiger partial charge in [0, 0.05) is 26.7 Å². The molecule has 1 saturated heterocycles. The minimum absolute atomic E-state index is 0.0188. The number of fused-ring (bicyclic) bond motifs is 5. The predicted molar refractivity (Wildman–Crippen MR) is 113 cm³/mol. The summed E-state index contributed by atoms with van der Waals surface area (Å²) in [5.74, 6) is -1.06. The number of nitrogens with one attached hydrogen (secondary N) is 2. The van der Waals surface area contributed by atoms with Gasteiger partial charge in [-0.3, -0.25) is 19.5 Å². The Morgan fingerprint density at radius 2 is 1.81 bits per heavy atom. The average Bonchev–Trinajstić information content (AvgIpc) is 3.44. The van der Waals surface area contributed by atoms with Crippen LogP contribution in [0.4, 0.5) is 8.78 Å². The van der Waals surface area contributed by atoms with Gasteiger partial charge in [0.05, 0.1) is 11.8 Å². The summed E-state index contributed by atoms with van der Waals surface area (Å²) in [4.78, 5) is 31.0. The highest BCUT2D eigenvalue weighted by Gasteiger charge is 2.58. The smallest absolute Gasteiger partial charge is 0.233 e. The van der Waals surface area contributed by atoms with Crippen LogP contribution in [0.3, 0.4) is 0 Å². The van der Waals surface area contributed by atoms with Crippen LogP contribution in [0.5, 0.6) is 0 Å². The van der Waals surface area contributed by atoms with Crippen molar-refractivity contribution in [3.63, 3.8) is 0 Å². The molecule has 3 aliphatic rings. The molecule has 1 aliphatic heterocycles. The van der Waals surface area contributed by atoms with Gasteiger partial charge < -0.3 is 10.6 Å². The SMILES string of the molecule is CN=C(NCCCN1C(=O)C2C3C=CC(C3)C2C1=O)NCC(C)c1ccc(F)c(F)c1. The molecular formula is C23H28F2N4O2. The fourth-order valence-electron chi connectivity index (χ4n) is 5.04. The number of allylic oxidation sites excluding steroid dienone is 2. The van der Waals surface area contributed by atoms with Gasteiger partial charge in [-0.2, -0.15) is 0 Å². The van der Waals surface area contributed by atoms with Crippen molar-refractivity contribution in [2.75, 3.05) is 26.7 Å². The van der Waals surface area contributed by atoms with E-state index in [-0.39, 0.29) is 41.4 Å². The van der Waals surface area contributed by atoms with Gasteiger partial charge in [0.15, 0.2) is 17.6 Å². The summed E-state index contributed by atoms with van der Waals surface area (Å²) in [6, 6.07) is 3.91. The van der Waals surface area contributed by atoms with Crippen molar-refractivity contribution in [1.29, 1.82) is 0 Å². The van der Waals surface area contributed by atoms with Crippen molar-refractivity contribution in [2.24, 2.45) is 28.7 Å². The van der Waals surface area contributed by atoms with E-state index in [1.807, 2.05) is 6.92 Å². The zero-order valence-electron chi connectivity index (χ0n) is 17.8. The Balaban J connectivity index is 1.21. The number of likely N-dealkylation sites (tertiary alicyclic amines) is 1. The fraction of sp³-hybridized carbons (Fsp3) is 0.522. The second-order valence-electron chi connectivity index (χ2n) is 8.64. The lowest BCUT2D eigenvalue weighted by molar-refractivity contribution is -0.140. The highest BCUT2D eigenvalue weighted by molar-refractivity contribution is 6.06. The molecule has 8 heteroatoms. The zero-order chi connectivity index (χ0) is 22.1. The first kappa shape index (κ1) is 21.5. The molecule has 2 amide bonds. The Morgan fingerprint density at radius 3 is 2.42 bits per heavy atom. The molecule has 1 aromatic rings. The number of nitrogens with zero attached hydrogens (tertiary/aromatic N) is 2. The summed E-state index contributed by atoms with van der Waals surface area (Å²) in [5, 5.41) is 6.34. The normalized spacial score (nSPS) is 27.7. The van der Waals surface area contributed by atoms with Gasteiger partial charge in [0.1, 0.15) is 0 Å². The van der Waals surface area contributed by atoms with E-state index in [0.717, 1.165) is 12.5 Å². The highest BCUT2D eigenvalue weighted by Crippen LogP contribution is 2.52. The van der Waals surface area contributed by atoms with Gasteiger partial charge in [-0.1, -0.05) is 25.1 Å². The molecule has 1 saturated carbocycles. The fourth-order valence-corrected chi connectivity index (χ4v) is 5.04. The van der Waals surface area contributed by atoms with Crippen molar-refractivity contribution >= 4 is 17.8 Å². The van der Waals surface area contributed by atoms with Gasteiger partial charge in [0.2, 0.25) is 11.8 Å². The predicted octanol–water partition coefficient (Wildman–Crippen LogP) is 2.43.